The molecule has 2 aliphatic rings. The first-order valence-corrected chi connectivity index (χ1v) is 7.95. The maximum absolute atomic E-state index is 10.2. The van der Waals surface area contributed by atoms with Crippen molar-refractivity contribution in [2.24, 2.45) is 11.3 Å². The lowest BCUT2D eigenvalue weighted by Crippen LogP contribution is -2.56. The highest BCUT2D eigenvalue weighted by atomic mass is 32.2. The molecule has 0 aromatic carbocycles. The van der Waals surface area contributed by atoms with Crippen LogP contribution in [0.5, 0.6) is 0 Å². The van der Waals surface area contributed by atoms with Crippen LogP contribution in [0.4, 0.5) is 0 Å². The zero-order chi connectivity index (χ0) is 14.2. The molecule has 1 radical (unpaired) electrons. The molecule has 4 N–H and O–H groups in total. The first kappa shape index (κ1) is 15.6. The Morgan fingerprint density at radius 1 is 1.16 bits per heavy atom. The van der Waals surface area contributed by atoms with E-state index in [1.165, 1.54) is 11.8 Å². The molecule has 0 spiro atoms. The summed E-state index contributed by atoms with van der Waals surface area (Å²) in [6.45, 7) is 4.25. The van der Waals surface area contributed by atoms with Crippen LogP contribution >= 0.6 is 11.8 Å². The fourth-order valence-electron chi connectivity index (χ4n) is 3.07. The van der Waals surface area contributed by atoms with E-state index >= 15 is 0 Å². The number of thioether (sulfide) groups is 1. The van der Waals surface area contributed by atoms with Gasteiger partial charge in [-0.25, -0.2) is 0 Å². The summed E-state index contributed by atoms with van der Waals surface area (Å²) < 4.78 is 0. The topological polar surface area (TPSA) is 80.9 Å². The standard InChI is InChI=1S/C14H25O4S/c1-14(2)5-3-8(4-6-14)13-12(18)11(17)10(16)9(7-15)19-13/h5,8-13,15-18H,3-4,6-7H2,1-2H3/t8?,9-,10-,11-,12+,13+/m0/s1. The van der Waals surface area contributed by atoms with E-state index in [1.54, 1.807) is 0 Å². The first-order chi connectivity index (χ1) is 8.85. The van der Waals surface area contributed by atoms with Crippen molar-refractivity contribution in [3.63, 3.8) is 0 Å². The minimum Gasteiger partial charge on any atom is -0.395 e. The molecule has 1 aliphatic carbocycles. The van der Waals surface area contributed by atoms with Gasteiger partial charge in [-0.15, -0.1) is 11.8 Å². The molecule has 2 fully saturated rings. The molecule has 5 heteroatoms. The van der Waals surface area contributed by atoms with Crippen LogP contribution in [0.2, 0.25) is 0 Å². The summed E-state index contributed by atoms with van der Waals surface area (Å²) in [6, 6.07) is 0. The van der Waals surface area contributed by atoms with Gasteiger partial charge in [0.15, 0.2) is 0 Å². The summed E-state index contributed by atoms with van der Waals surface area (Å²) in [5.74, 6) is 0.309. The van der Waals surface area contributed by atoms with E-state index in [4.69, 9.17) is 0 Å². The maximum atomic E-state index is 10.2. The predicted octanol–water partition coefficient (Wildman–Crippen LogP) is 0.576. The summed E-state index contributed by atoms with van der Waals surface area (Å²) in [4.78, 5) is 0. The molecular formula is C14H25O4S. The van der Waals surface area contributed by atoms with Crippen LogP contribution in [0.1, 0.15) is 33.1 Å². The first-order valence-electron chi connectivity index (χ1n) is 7.00. The summed E-state index contributed by atoms with van der Waals surface area (Å²) in [5.41, 5.74) is 0.245. The molecule has 1 heterocycles. The van der Waals surface area contributed by atoms with Gasteiger partial charge in [0.2, 0.25) is 0 Å². The highest BCUT2D eigenvalue weighted by Gasteiger charge is 2.46. The molecule has 1 saturated heterocycles. The quantitative estimate of drug-likeness (QED) is 0.598. The molecule has 111 valence electrons. The van der Waals surface area contributed by atoms with Gasteiger partial charge in [-0.2, -0.15) is 0 Å². The maximum Gasteiger partial charge on any atom is 0.108 e. The molecule has 0 bridgehead atoms. The van der Waals surface area contributed by atoms with Gasteiger partial charge in [-0.3, -0.25) is 0 Å². The van der Waals surface area contributed by atoms with Gasteiger partial charge in [0, 0.05) is 5.25 Å². The molecule has 1 saturated carbocycles. The van der Waals surface area contributed by atoms with Crippen molar-refractivity contribution in [1.82, 2.24) is 0 Å². The summed E-state index contributed by atoms with van der Waals surface area (Å²) in [7, 11) is 0. The van der Waals surface area contributed by atoms with Crippen molar-refractivity contribution >= 4 is 11.8 Å². The summed E-state index contributed by atoms with van der Waals surface area (Å²) >= 11 is 1.43. The van der Waals surface area contributed by atoms with Crippen molar-refractivity contribution in [2.75, 3.05) is 6.61 Å². The molecule has 0 aromatic rings. The van der Waals surface area contributed by atoms with Crippen LogP contribution in [0.25, 0.3) is 0 Å². The molecule has 6 atom stereocenters. The lowest BCUT2D eigenvalue weighted by molar-refractivity contribution is -0.0760. The minimum absolute atomic E-state index is 0.108. The van der Waals surface area contributed by atoms with E-state index in [9.17, 15) is 20.4 Å². The van der Waals surface area contributed by atoms with Crippen LogP contribution < -0.4 is 0 Å². The average Bonchev–Trinajstić information content (AvgIpc) is 2.37. The van der Waals surface area contributed by atoms with Crippen LogP contribution in [0, 0.1) is 17.8 Å². The molecule has 4 nitrogen and oxygen atoms in total. The number of hydrogen-bond acceptors (Lipinski definition) is 5. The minimum atomic E-state index is -1.15. The lowest BCUT2D eigenvalue weighted by atomic mass is 9.71. The Kier molecular flexibility index (Phi) is 4.83. The lowest BCUT2D eigenvalue weighted by Gasteiger charge is -2.45. The van der Waals surface area contributed by atoms with Crippen LogP contribution in [-0.4, -0.2) is 55.8 Å². The third-order valence-electron chi connectivity index (χ3n) is 4.53. The van der Waals surface area contributed by atoms with Gasteiger partial charge in [0.1, 0.15) is 6.10 Å². The average molecular weight is 289 g/mol. The Morgan fingerprint density at radius 2 is 1.84 bits per heavy atom. The van der Waals surface area contributed by atoms with Crippen LogP contribution in [0.3, 0.4) is 0 Å². The van der Waals surface area contributed by atoms with E-state index in [2.05, 4.69) is 20.3 Å². The molecule has 19 heavy (non-hydrogen) atoms. The second-order valence-electron chi connectivity index (χ2n) is 6.52. The Hall–Kier alpha value is 0.190. The van der Waals surface area contributed by atoms with Gasteiger partial charge >= 0.3 is 0 Å². The van der Waals surface area contributed by atoms with Crippen LogP contribution in [-0.2, 0) is 0 Å². The Labute approximate surface area is 119 Å². The van der Waals surface area contributed by atoms with Gasteiger partial charge in [-0.05, 0) is 37.0 Å². The SMILES string of the molecule is CC1(C)[CH]CC([C@H]2S[C@@H](CO)[C@H](O)[C@H](O)[C@H]2O)CC1. The molecule has 0 amide bonds. The summed E-state index contributed by atoms with van der Waals surface area (Å²) in [6.07, 6.45) is 2.18. The van der Waals surface area contributed by atoms with E-state index < -0.39 is 23.6 Å². The second kappa shape index (κ2) is 5.90. The van der Waals surface area contributed by atoms with Gasteiger partial charge in [0.25, 0.3) is 0 Å². The fourth-order valence-corrected chi connectivity index (χ4v) is 4.67. The molecule has 2 rings (SSSR count). The molecule has 0 aromatic heterocycles. The normalized spacial score (nSPS) is 44.2. The molecular weight excluding hydrogens is 264 g/mol. The monoisotopic (exact) mass is 289 g/mol. The number of aliphatic hydroxyl groups excluding tert-OH is 4. The third kappa shape index (κ3) is 3.27. The third-order valence-corrected chi connectivity index (χ3v) is 6.28. The highest BCUT2D eigenvalue weighted by Crippen LogP contribution is 2.45. The van der Waals surface area contributed by atoms with Crippen molar-refractivity contribution in [3.05, 3.63) is 6.42 Å². The van der Waals surface area contributed by atoms with Crippen molar-refractivity contribution in [2.45, 2.75) is 61.9 Å². The largest absolute Gasteiger partial charge is 0.395 e. The van der Waals surface area contributed by atoms with Gasteiger partial charge in [-0.1, -0.05) is 13.8 Å². The summed E-state index contributed by atoms with van der Waals surface area (Å²) in [5, 5.41) is 38.7. The van der Waals surface area contributed by atoms with Crippen molar-refractivity contribution in [3.8, 4) is 0 Å². The second-order valence-corrected chi connectivity index (χ2v) is 7.94. The number of rotatable bonds is 2. The number of hydrogen-bond donors (Lipinski definition) is 4. The zero-order valence-corrected chi connectivity index (χ0v) is 12.4. The van der Waals surface area contributed by atoms with Crippen LogP contribution in [0.15, 0.2) is 0 Å². The van der Waals surface area contributed by atoms with E-state index in [0.717, 1.165) is 19.3 Å². The molecule has 1 aliphatic heterocycles. The smallest absolute Gasteiger partial charge is 0.108 e. The highest BCUT2D eigenvalue weighted by molar-refractivity contribution is 8.00. The van der Waals surface area contributed by atoms with Gasteiger partial charge < -0.3 is 20.4 Å². The fraction of sp³-hybridized carbons (Fsp3) is 0.929. The molecule has 1 unspecified atom stereocenters. The Bertz CT molecular complexity index is 298. The van der Waals surface area contributed by atoms with E-state index in [0.29, 0.717) is 5.92 Å². The van der Waals surface area contributed by atoms with Gasteiger partial charge in [0.05, 0.1) is 24.1 Å². The van der Waals surface area contributed by atoms with Crippen molar-refractivity contribution in [1.29, 1.82) is 0 Å². The number of aliphatic hydroxyl groups is 4. The van der Waals surface area contributed by atoms with E-state index in [-0.39, 0.29) is 17.3 Å². The van der Waals surface area contributed by atoms with Crippen molar-refractivity contribution < 1.29 is 20.4 Å². The zero-order valence-electron chi connectivity index (χ0n) is 11.6. The Morgan fingerprint density at radius 3 is 2.37 bits per heavy atom. The van der Waals surface area contributed by atoms with E-state index in [1.807, 2.05) is 0 Å². The Balaban J connectivity index is 2.03. The predicted molar refractivity (Wildman–Crippen MR) is 75.7 cm³/mol.